The fourth-order valence-corrected chi connectivity index (χ4v) is 3.93. The van der Waals surface area contributed by atoms with Crippen molar-refractivity contribution in [2.75, 3.05) is 18.9 Å². The molecule has 1 saturated carbocycles. The molecule has 26 heavy (non-hydrogen) atoms. The summed E-state index contributed by atoms with van der Waals surface area (Å²) in [6.07, 6.45) is 2.70. The van der Waals surface area contributed by atoms with Crippen LogP contribution in [0.4, 0.5) is 5.82 Å². The van der Waals surface area contributed by atoms with Crippen molar-refractivity contribution in [1.29, 1.82) is 0 Å². The van der Waals surface area contributed by atoms with Gasteiger partial charge in [-0.25, -0.2) is 4.98 Å². The van der Waals surface area contributed by atoms with Gasteiger partial charge in [0.15, 0.2) is 23.2 Å². The maximum atomic E-state index is 10.4. The first kappa shape index (κ1) is 17.9. The van der Waals surface area contributed by atoms with E-state index in [1.54, 1.807) is 11.6 Å². The van der Waals surface area contributed by atoms with Crippen molar-refractivity contribution in [2.24, 2.45) is 0 Å². The van der Waals surface area contributed by atoms with Crippen LogP contribution in [0.1, 0.15) is 31.9 Å². The molecule has 9 nitrogen and oxygen atoms in total. The highest BCUT2D eigenvalue weighted by Crippen LogP contribution is 2.33. The first-order valence-electron chi connectivity index (χ1n) is 8.91. The molecule has 1 aliphatic heterocycles. The second-order valence-electron chi connectivity index (χ2n) is 6.89. The van der Waals surface area contributed by atoms with E-state index in [1.165, 1.54) is 19.2 Å². The zero-order valence-corrected chi connectivity index (χ0v) is 15.2. The number of likely N-dealkylation sites (N-methyl/N-ethyl adjacent to an activating group) is 1. The lowest BCUT2D eigenvalue weighted by Gasteiger charge is -2.17. The minimum Gasteiger partial charge on any atom is -0.387 e. The lowest BCUT2D eigenvalue weighted by atomic mass is 10.1. The Hall–Kier alpha value is -1.52. The van der Waals surface area contributed by atoms with Crippen LogP contribution in [0.15, 0.2) is 6.33 Å². The fourth-order valence-electron chi connectivity index (χ4n) is 3.77. The molecule has 0 unspecified atom stereocenters. The third-order valence-corrected chi connectivity index (χ3v) is 5.28. The number of imidazole rings is 1. The summed E-state index contributed by atoms with van der Waals surface area (Å²) in [5.74, 6) is 0.588. The highest BCUT2D eigenvalue weighted by Gasteiger charge is 2.44. The number of rotatable bonds is 5. The van der Waals surface area contributed by atoms with Gasteiger partial charge in [0.25, 0.3) is 0 Å². The van der Waals surface area contributed by atoms with Gasteiger partial charge in [0.05, 0.1) is 6.33 Å². The Morgan fingerprint density at radius 1 is 1.27 bits per heavy atom. The molecule has 2 aromatic heterocycles. The summed E-state index contributed by atoms with van der Waals surface area (Å²) in [7, 11) is 1.76. The van der Waals surface area contributed by atoms with Crippen LogP contribution in [0.3, 0.4) is 0 Å². The number of aliphatic hydroxyl groups is 2. The topological polar surface area (TPSA) is 117 Å². The van der Waals surface area contributed by atoms with Gasteiger partial charge in [-0.2, -0.15) is 9.97 Å². The number of hydrogen-bond donors (Lipinski definition) is 4. The van der Waals surface area contributed by atoms with Crippen LogP contribution in [0, 0.1) is 0 Å². The molecule has 10 heteroatoms. The minimum absolute atomic E-state index is 0.0968. The largest absolute Gasteiger partial charge is 0.387 e. The van der Waals surface area contributed by atoms with Crippen molar-refractivity contribution in [2.45, 2.75) is 56.3 Å². The van der Waals surface area contributed by atoms with Gasteiger partial charge in [-0.1, -0.05) is 12.8 Å². The second-order valence-corrected chi connectivity index (χ2v) is 7.23. The number of hydrogen-bond acceptors (Lipinski definition) is 8. The first-order valence-corrected chi connectivity index (χ1v) is 9.29. The fraction of sp³-hybridized carbons (Fsp3) is 0.688. The Balaban J connectivity index is 1.67. The van der Waals surface area contributed by atoms with E-state index in [4.69, 9.17) is 16.3 Å². The molecule has 0 aromatic carbocycles. The van der Waals surface area contributed by atoms with E-state index in [1.807, 2.05) is 0 Å². The van der Waals surface area contributed by atoms with Gasteiger partial charge in [0.2, 0.25) is 5.28 Å². The van der Waals surface area contributed by atoms with Crippen LogP contribution < -0.4 is 10.6 Å². The summed E-state index contributed by atoms with van der Waals surface area (Å²) in [6.45, 7) is 0.422. The normalized spacial score (nSPS) is 29.7. The van der Waals surface area contributed by atoms with E-state index < -0.39 is 24.5 Å². The van der Waals surface area contributed by atoms with Crippen LogP contribution in [0.5, 0.6) is 0 Å². The number of nitrogens with zero attached hydrogens (tertiary/aromatic N) is 4. The van der Waals surface area contributed by atoms with Gasteiger partial charge in [-0.05, 0) is 31.5 Å². The Labute approximate surface area is 155 Å². The average Bonchev–Trinajstić information content (AvgIpc) is 3.32. The van der Waals surface area contributed by atoms with E-state index in [2.05, 4.69) is 25.6 Å². The summed E-state index contributed by atoms with van der Waals surface area (Å²) < 4.78 is 7.43. The van der Waals surface area contributed by atoms with Crippen LogP contribution in [-0.2, 0) is 4.74 Å². The summed E-state index contributed by atoms with van der Waals surface area (Å²) in [5, 5.41) is 27.1. The molecule has 3 heterocycles. The lowest BCUT2D eigenvalue weighted by molar-refractivity contribution is -0.0337. The zero-order chi connectivity index (χ0) is 18.3. The van der Waals surface area contributed by atoms with Crippen LogP contribution >= 0.6 is 11.6 Å². The van der Waals surface area contributed by atoms with Crippen molar-refractivity contribution < 1.29 is 14.9 Å². The van der Waals surface area contributed by atoms with Crippen molar-refractivity contribution in [3.63, 3.8) is 0 Å². The lowest BCUT2D eigenvalue weighted by Crippen LogP contribution is -2.36. The Bertz CT molecular complexity index is 781. The highest BCUT2D eigenvalue weighted by molar-refractivity contribution is 6.28. The standard InChI is InChI=1S/C16H23ClN6O3/c1-18-6-9-11(24)12(25)15(26-9)23-7-19-10-13(20-8-4-2-3-5-8)21-16(17)22-14(10)23/h7-9,11-12,15,18,24-25H,2-6H2,1H3,(H,20,21,22)/t9-,11-,12-,15-/m1/s1. The summed E-state index contributed by atoms with van der Waals surface area (Å²) >= 11 is 6.12. The van der Waals surface area contributed by atoms with Crippen molar-refractivity contribution >= 4 is 28.6 Å². The monoisotopic (exact) mass is 382 g/mol. The third kappa shape index (κ3) is 3.14. The zero-order valence-electron chi connectivity index (χ0n) is 14.5. The van der Waals surface area contributed by atoms with Crippen molar-refractivity contribution in [3.05, 3.63) is 11.6 Å². The smallest absolute Gasteiger partial charge is 0.226 e. The number of anilines is 1. The highest BCUT2D eigenvalue weighted by atomic mass is 35.5. The number of fused-ring (bicyclic) bond motifs is 1. The van der Waals surface area contributed by atoms with Crippen LogP contribution in [-0.4, -0.2) is 67.7 Å². The predicted octanol–water partition coefficient (Wildman–Crippen LogP) is 0.673. The molecular weight excluding hydrogens is 360 g/mol. The van der Waals surface area contributed by atoms with Gasteiger partial charge in [-0.15, -0.1) is 0 Å². The van der Waals surface area contributed by atoms with Gasteiger partial charge >= 0.3 is 0 Å². The molecule has 4 atom stereocenters. The molecule has 2 fully saturated rings. The minimum atomic E-state index is -1.09. The van der Waals surface area contributed by atoms with E-state index in [9.17, 15) is 10.2 Å². The first-order chi connectivity index (χ1) is 12.6. The Kier molecular flexibility index (Phi) is 4.98. The molecule has 0 radical (unpaired) electrons. The number of nitrogens with one attached hydrogen (secondary N) is 2. The van der Waals surface area contributed by atoms with E-state index in [0.717, 1.165) is 12.8 Å². The molecule has 142 valence electrons. The Morgan fingerprint density at radius 3 is 2.77 bits per heavy atom. The van der Waals surface area contributed by atoms with E-state index >= 15 is 0 Å². The average molecular weight is 383 g/mol. The van der Waals surface area contributed by atoms with Crippen molar-refractivity contribution in [1.82, 2.24) is 24.8 Å². The van der Waals surface area contributed by atoms with Gasteiger partial charge in [0.1, 0.15) is 18.3 Å². The third-order valence-electron chi connectivity index (χ3n) is 5.11. The van der Waals surface area contributed by atoms with E-state index in [0.29, 0.717) is 29.6 Å². The van der Waals surface area contributed by atoms with Crippen LogP contribution in [0.2, 0.25) is 5.28 Å². The van der Waals surface area contributed by atoms with Crippen molar-refractivity contribution in [3.8, 4) is 0 Å². The van der Waals surface area contributed by atoms with Crippen LogP contribution in [0.25, 0.3) is 11.2 Å². The number of aromatic nitrogens is 4. The molecule has 4 rings (SSSR count). The second kappa shape index (κ2) is 7.24. The summed E-state index contributed by atoms with van der Waals surface area (Å²) in [6, 6.07) is 0.351. The number of halogens is 1. The molecule has 0 bridgehead atoms. The van der Waals surface area contributed by atoms with Gasteiger partial charge in [0, 0.05) is 12.6 Å². The molecule has 4 N–H and O–H groups in total. The molecular formula is C16H23ClN6O3. The molecule has 0 amide bonds. The SMILES string of the molecule is CNC[C@H]1O[C@@H](n2cnc3c(NC4CCCC4)nc(Cl)nc32)[C@H](O)[C@@H]1O. The number of ether oxygens (including phenoxy) is 1. The summed E-state index contributed by atoms with van der Waals surface area (Å²) in [4.78, 5) is 13.0. The maximum Gasteiger partial charge on any atom is 0.226 e. The van der Waals surface area contributed by atoms with E-state index in [-0.39, 0.29) is 5.28 Å². The Morgan fingerprint density at radius 2 is 2.04 bits per heavy atom. The molecule has 1 aliphatic carbocycles. The molecule has 2 aliphatic rings. The molecule has 0 spiro atoms. The number of aliphatic hydroxyl groups excluding tert-OH is 2. The predicted molar refractivity (Wildman–Crippen MR) is 96.1 cm³/mol. The quantitative estimate of drug-likeness (QED) is 0.557. The summed E-state index contributed by atoms with van der Waals surface area (Å²) in [5.41, 5.74) is 1.04. The maximum absolute atomic E-state index is 10.4. The molecule has 1 saturated heterocycles. The van der Waals surface area contributed by atoms with Gasteiger partial charge < -0.3 is 25.6 Å². The van der Waals surface area contributed by atoms with Gasteiger partial charge in [-0.3, -0.25) is 4.57 Å². The molecule has 2 aromatic rings.